The maximum Gasteiger partial charge on any atom is 0.335 e. The Labute approximate surface area is 98.6 Å². The van der Waals surface area contributed by atoms with Crippen molar-refractivity contribution in [1.82, 2.24) is 5.32 Å². The fraction of sp³-hybridized carbons (Fsp3) is 0.333. The number of hydrogen-bond donors (Lipinski definition) is 3. The highest BCUT2D eigenvalue weighted by Gasteiger charge is 2.45. The Morgan fingerprint density at radius 1 is 1.29 bits per heavy atom. The van der Waals surface area contributed by atoms with E-state index in [4.69, 9.17) is 10.8 Å². The molecule has 0 bridgehead atoms. The Morgan fingerprint density at radius 3 is 2.35 bits per heavy atom. The fourth-order valence-electron chi connectivity index (χ4n) is 1.49. The summed E-state index contributed by atoms with van der Waals surface area (Å²) in [4.78, 5) is 22.2. The van der Waals surface area contributed by atoms with Gasteiger partial charge in [0.05, 0.1) is 11.1 Å². The third-order valence-electron chi connectivity index (χ3n) is 2.89. The van der Waals surface area contributed by atoms with E-state index in [9.17, 15) is 9.59 Å². The normalized spacial score (nSPS) is 16.3. The highest BCUT2D eigenvalue weighted by Crippen LogP contribution is 2.32. The number of hydrogen-bond acceptors (Lipinski definition) is 3. The number of rotatable bonds is 4. The third kappa shape index (κ3) is 2.62. The molecule has 90 valence electrons. The molecule has 2 rings (SSSR count). The molecule has 0 spiro atoms. The van der Waals surface area contributed by atoms with Gasteiger partial charge in [-0.25, -0.2) is 4.79 Å². The summed E-state index contributed by atoms with van der Waals surface area (Å²) < 4.78 is 0. The van der Waals surface area contributed by atoms with Crippen molar-refractivity contribution in [2.24, 2.45) is 5.73 Å². The quantitative estimate of drug-likeness (QED) is 0.707. The smallest absolute Gasteiger partial charge is 0.335 e. The summed E-state index contributed by atoms with van der Waals surface area (Å²) in [6.07, 6.45) is 1.47. The van der Waals surface area contributed by atoms with E-state index in [0.29, 0.717) is 6.54 Å². The number of nitrogens with two attached hydrogens (primary N) is 1. The molecule has 4 N–H and O–H groups in total. The summed E-state index contributed by atoms with van der Waals surface area (Å²) in [5.41, 5.74) is 6.15. The lowest BCUT2D eigenvalue weighted by Gasteiger charge is -2.09. The number of benzene rings is 1. The Bertz CT molecular complexity index is 449. The van der Waals surface area contributed by atoms with Crippen LogP contribution in [0.1, 0.15) is 28.8 Å². The predicted octanol–water partition coefficient (Wildman–Crippen LogP) is 0.492. The molecule has 0 saturated heterocycles. The largest absolute Gasteiger partial charge is 0.478 e. The molecular formula is C12H14N2O3. The van der Waals surface area contributed by atoms with E-state index >= 15 is 0 Å². The van der Waals surface area contributed by atoms with Crippen LogP contribution in [0.4, 0.5) is 0 Å². The van der Waals surface area contributed by atoms with Gasteiger partial charge in [-0.15, -0.1) is 0 Å². The second-order valence-electron chi connectivity index (χ2n) is 4.34. The van der Waals surface area contributed by atoms with Gasteiger partial charge in [-0.05, 0) is 30.5 Å². The van der Waals surface area contributed by atoms with Crippen molar-refractivity contribution in [2.45, 2.75) is 24.9 Å². The van der Waals surface area contributed by atoms with E-state index in [1.54, 1.807) is 12.1 Å². The number of carbonyl (C=O) groups is 2. The van der Waals surface area contributed by atoms with E-state index in [1.165, 1.54) is 12.1 Å². The van der Waals surface area contributed by atoms with E-state index in [-0.39, 0.29) is 11.5 Å². The van der Waals surface area contributed by atoms with Crippen LogP contribution in [0, 0.1) is 0 Å². The summed E-state index contributed by atoms with van der Waals surface area (Å²) >= 11 is 0. The zero-order chi connectivity index (χ0) is 12.5. The number of amides is 1. The molecule has 0 aromatic heterocycles. The molecular weight excluding hydrogens is 220 g/mol. The molecule has 0 aliphatic heterocycles. The summed E-state index contributed by atoms with van der Waals surface area (Å²) in [6, 6.07) is 6.39. The van der Waals surface area contributed by atoms with Crippen LogP contribution < -0.4 is 11.1 Å². The Balaban J connectivity index is 1.91. The summed E-state index contributed by atoms with van der Waals surface area (Å²) in [5.74, 6) is -1.10. The lowest BCUT2D eigenvalue weighted by Crippen LogP contribution is -2.42. The minimum atomic E-state index is -0.959. The first-order chi connectivity index (χ1) is 8.01. The molecule has 17 heavy (non-hydrogen) atoms. The maximum absolute atomic E-state index is 11.5. The minimum Gasteiger partial charge on any atom is -0.478 e. The van der Waals surface area contributed by atoms with Crippen molar-refractivity contribution >= 4 is 11.9 Å². The van der Waals surface area contributed by atoms with E-state index in [2.05, 4.69) is 5.32 Å². The third-order valence-corrected chi connectivity index (χ3v) is 2.89. The molecule has 0 radical (unpaired) electrons. The van der Waals surface area contributed by atoms with Gasteiger partial charge in [-0.3, -0.25) is 4.79 Å². The van der Waals surface area contributed by atoms with Crippen molar-refractivity contribution in [3.8, 4) is 0 Å². The second kappa shape index (κ2) is 4.18. The first-order valence-corrected chi connectivity index (χ1v) is 5.41. The standard InChI is InChI=1S/C12H14N2O3/c13-12(5-6-12)11(17)14-7-8-1-3-9(4-2-8)10(15)16/h1-4H,5-7,13H2,(H,14,17)(H,15,16). The van der Waals surface area contributed by atoms with Crippen LogP contribution in [0.2, 0.25) is 0 Å². The fourth-order valence-corrected chi connectivity index (χ4v) is 1.49. The van der Waals surface area contributed by atoms with Gasteiger partial charge in [0.25, 0.3) is 0 Å². The van der Waals surface area contributed by atoms with Gasteiger partial charge in [-0.2, -0.15) is 0 Å². The summed E-state index contributed by atoms with van der Waals surface area (Å²) in [7, 11) is 0. The van der Waals surface area contributed by atoms with Crippen molar-refractivity contribution in [1.29, 1.82) is 0 Å². The Kier molecular flexibility index (Phi) is 2.85. The van der Waals surface area contributed by atoms with Gasteiger partial charge in [0.1, 0.15) is 0 Å². The molecule has 1 amide bonds. The highest BCUT2D eigenvalue weighted by atomic mass is 16.4. The van der Waals surface area contributed by atoms with Crippen molar-refractivity contribution in [3.63, 3.8) is 0 Å². The van der Waals surface area contributed by atoms with Crippen LogP contribution in [0.15, 0.2) is 24.3 Å². The van der Waals surface area contributed by atoms with Gasteiger partial charge >= 0.3 is 5.97 Å². The van der Waals surface area contributed by atoms with E-state index < -0.39 is 11.5 Å². The van der Waals surface area contributed by atoms with Crippen LogP contribution >= 0.6 is 0 Å². The first-order valence-electron chi connectivity index (χ1n) is 5.41. The number of nitrogens with one attached hydrogen (secondary N) is 1. The zero-order valence-electron chi connectivity index (χ0n) is 9.27. The Hall–Kier alpha value is -1.88. The van der Waals surface area contributed by atoms with Crippen LogP contribution in [0.3, 0.4) is 0 Å². The lowest BCUT2D eigenvalue weighted by atomic mass is 10.1. The molecule has 0 atom stereocenters. The molecule has 0 unspecified atom stereocenters. The van der Waals surface area contributed by atoms with Crippen molar-refractivity contribution < 1.29 is 14.7 Å². The second-order valence-corrected chi connectivity index (χ2v) is 4.34. The maximum atomic E-state index is 11.5. The van der Waals surface area contributed by atoms with Gasteiger partial charge < -0.3 is 16.2 Å². The molecule has 1 aromatic rings. The minimum absolute atomic E-state index is 0.139. The number of carboxylic acids is 1. The molecule has 1 fully saturated rings. The molecule has 1 aromatic carbocycles. The molecule has 1 aliphatic rings. The topological polar surface area (TPSA) is 92.4 Å². The van der Waals surface area contributed by atoms with Gasteiger partial charge in [-0.1, -0.05) is 12.1 Å². The molecule has 5 nitrogen and oxygen atoms in total. The lowest BCUT2D eigenvalue weighted by molar-refractivity contribution is -0.123. The Morgan fingerprint density at radius 2 is 1.88 bits per heavy atom. The van der Waals surface area contributed by atoms with Gasteiger partial charge in [0.15, 0.2) is 0 Å². The number of carbonyl (C=O) groups excluding carboxylic acids is 1. The van der Waals surface area contributed by atoms with E-state index in [0.717, 1.165) is 18.4 Å². The average Bonchev–Trinajstić information content (AvgIpc) is 3.06. The van der Waals surface area contributed by atoms with Crippen LogP contribution in [0.5, 0.6) is 0 Å². The van der Waals surface area contributed by atoms with Crippen LogP contribution in [-0.2, 0) is 11.3 Å². The molecule has 5 heteroatoms. The summed E-state index contributed by atoms with van der Waals surface area (Å²) in [5, 5.41) is 11.5. The number of carboxylic acid groups (broad SMARTS) is 1. The molecule has 1 aliphatic carbocycles. The SMILES string of the molecule is NC1(C(=O)NCc2ccc(C(=O)O)cc2)CC1. The number of aromatic carboxylic acids is 1. The molecule has 1 saturated carbocycles. The van der Waals surface area contributed by atoms with Gasteiger partial charge in [0.2, 0.25) is 5.91 Å². The molecule has 0 heterocycles. The predicted molar refractivity (Wildman–Crippen MR) is 61.4 cm³/mol. The summed E-state index contributed by atoms with van der Waals surface area (Å²) in [6.45, 7) is 0.373. The first kappa shape index (κ1) is 11.6. The van der Waals surface area contributed by atoms with E-state index in [1.807, 2.05) is 0 Å². The zero-order valence-corrected chi connectivity index (χ0v) is 9.27. The van der Waals surface area contributed by atoms with Crippen molar-refractivity contribution in [3.05, 3.63) is 35.4 Å². The average molecular weight is 234 g/mol. The van der Waals surface area contributed by atoms with Crippen molar-refractivity contribution in [2.75, 3.05) is 0 Å². The van der Waals surface area contributed by atoms with Crippen LogP contribution in [0.25, 0.3) is 0 Å². The highest BCUT2D eigenvalue weighted by molar-refractivity contribution is 5.89. The van der Waals surface area contributed by atoms with Crippen LogP contribution in [-0.4, -0.2) is 22.5 Å². The monoisotopic (exact) mass is 234 g/mol. The van der Waals surface area contributed by atoms with Gasteiger partial charge in [0, 0.05) is 6.54 Å².